The molecule has 1 fully saturated rings. The van der Waals surface area contributed by atoms with E-state index in [-0.39, 0.29) is 23.0 Å². The zero-order chi connectivity index (χ0) is 13.7. The largest absolute Gasteiger partial charge is 0.290 e. The van der Waals surface area contributed by atoms with Crippen LogP contribution in [-0.4, -0.2) is 11.1 Å². The number of fused-ring (bicyclic) bond motifs is 3. The van der Waals surface area contributed by atoms with Crippen molar-refractivity contribution in [3.63, 3.8) is 0 Å². The van der Waals surface area contributed by atoms with Crippen LogP contribution in [0.2, 0.25) is 0 Å². The number of hydrogen-bond acceptors (Lipinski definition) is 3. The quantitative estimate of drug-likeness (QED) is 0.743. The Morgan fingerprint density at radius 1 is 1.00 bits per heavy atom. The summed E-state index contributed by atoms with van der Waals surface area (Å²) in [4.78, 5) is 24.0. The van der Waals surface area contributed by atoms with E-state index in [4.69, 9.17) is 0 Å². The van der Waals surface area contributed by atoms with Crippen LogP contribution in [0.25, 0.3) is 5.57 Å². The van der Waals surface area contributed by atoms with Gasteiger partial charge in [-0.05, 0) is 28.5 Å². The third kappa shape index (κ3) is 1.55. The van der Waals surface area contributed by atoms with Crippen LogP contribution in [0.5, 0.6) is 0 Å². The Bertz CT molecular complexity index is 730. The predicted molar refractivity (Wildman–Crippen MR) is 79.0 cm³/mol. The monoisotopic (exact) mass is 281 g/mol. The van der Waals surface area contributed by atoms with Crippen molar-refractivity contribution in [2.75, 3.05) is 0 Å². The standard InChI is InChI=1S/C16H11NO2S/c18-15-14(20-16(19)17-15)13-11-7-3-1-5-9(11)10-6-2-4-8-12(10)13/h1-9,11H,(H,17,18,19)/b14-13+. The highest BCUT2D eigenvalue weighted by molar-refractivity contribution is 8.18. The van der Waals surface area contributed by atoms with E-state index in [1.807, 2.05) is 30.4 Å². The number of carbonyl (C=O) groups is 2. The molecule has 1 aromatic rings. The highest BCUT2D eigenvalue weighted by atomic mass is 32.2. The summed E-state index contributed by atoms with van der Waals surface area (Å²) in [6.45, 7) is 0. The van der Waals surface area contributed by atoms with Gasteiger partial charge in [0.1, 0.15) is 0 Å². The van der Waals surface area contributed by atoms with Gasteiger partial charge in [-0.3, -0.25) is 14.9 Å². The van der Waals surface area contributed by atoms with E-state index in [0.29, 0.717) is 4.91 Å². The molecule has 4 heteroatoms. The van der Waals surface area contributed by atoms with Crippen molar-refractivity contribution in [1.82, 2.24) is 5.32 Å². The number of allylic oxidation sites excluding steroid dienone is 5. The van der Waals surface area contributed by atoms with E-state index < -0.39 is 0 Å². The molecule has 1 heterocycles. The summed E-state index contributed by atoms with van der Waals surface area (Å²) in [7, 11) is 0. The second-order valence-electron chi connectivity index (χ2n) is 5.00. The van der Waals surface area contributed by atoms with Crippen molar-refractivity contribution in [2.24, 2.45) is 5.92 Å². The lowest BCUT2D eigenvalue weighted by Crippen LogP contribution is -2.19. The molecule has 1 aromatic carbocycles. The van der Waals surface area contributed by atoms with Crippen LogP contribution in [0.15, 0.2) is 53.5 Å². The Morgan fingerprint density at radius 3 is 2.50 bits per heavy atom. The SMILES string of the molecule is O=C1NC(=O)/C(=C2\c3ccccc3C3C=CC=CC23)S1. The number of rotatable bonds is 0. The van der Waals surface area contributed by atoms with E-state index in [1.54, 1.807) is 0 Å². The summed E-state index contributed by atoms with van der Waals surface area (Å²) in [5.41, 5.74) is 3.30. The molecule has 20 heavy (non-hydrogen) atoms. The maximum Gasteiger partial charge on any atom is 0.290 e. The molecule has 0 saturated carbocycles. The molecule has 0 spiro atoms. The molecule has 3 nitrogen and oxygen atoms in total. The summed E-state index contributed by atoms with van der Waals surface area (Å²) in [5.74, 6) is 0.146. The van der Waals surface area contributed by atoms with Gasteiger partial charge in [0, 0.05) is 11.8 Å². The summed E-state index contributed by atoms with van der Waals surface area (Å²) >= 11 is 1.01. The molecule has 0 aromatic heterocycles. The van der Waals surface area contributed by atoms with Crippen molar-refractivity contribution in [1.29, 1.82) is 0 Å². The minimum atomic E-state index is -0.284. The van der Waals surface area contributed by atoms with Crippen molar-refractivity contribution < 1.29 is 9.59 Å². The minimum Gasteiger partial charge on any atom is -0.282 e. The van der Waals surface area contributed by atoms with Crippen LogP contribution in [0, 0.1) is 5.92 Å². The number of benzene rings is 1. The van der Waals surface area contributed by atoms with Crippen molar-refractivity contribution in [3.8, 4) is 0 Å². The first-order chi connectivity index (χ1) is 9.75. The molecule has 3 aliphatic rings. The van der Waals surface area contributed by atoms with Gasteiger partial charge in [0.25, 0.3) is 11.1 Å². The number of nitrogens with one attached hydrogen (secondary N) is 1. The Hall–Kier alpha value is -2.07. The van der Waals surface area contributed by atoms with Gasteiger partial charge in [0.05, 0.1) is 4.91 Å². The zero-order valence-corrected chi connectivity index (χ0v) is 11.3. The van der Waals surface area contributed by atoms with Crippen LogP contribution < -0.4 is 5.32 Å². The Labute approximate surface area is 120 Å². The maximum absolute atomic E-state index is 12.0. The van der Waals surface area contributed by atoms with Crippen LogP contribution in [0.1, 0.15) is 17.0 Å². The van der Waals surface area contributed by atoms with Gasteiger partial charge in [0.15, 0.2) is 0 Å². The van der Waals surface area contributed by atoms with Gasteiger partial charge in [-0.1, -0.05) is 48.6 Å². The average Bonchev–Trinajstić information content (AvgIpc) is 2.96. The lowest BCUT2D eigenvalue weighted by molar-refractivity contribution is -0.115. The lowest BCUT2D eigenvalue weighted by atomic mass is 9.87. The summed E-state index contributed by atoms with van der Waals surface area (Å²) in [6, 6.07) is 8.13. The van der Waals surface area contributed by atoms with Crippen molar-refractivity contribution in [3.05, 3.63) is 64.6 Å². The Morgan fingerprint density at radius 2 is 1.75 bits per heavy atom. The topological polar surface area (TPSA) is 46.2 Å². The number of hydrogen-bond donors (Lipinski definition) is 1. The molecule has 0 radical (unpaired) electrons. The summed E-state index contributed by atoms with van der Waals surface area (Å²) < 4.78 is 0. The molecular weight excluding hydrogens is 270 g/mol. The fourth-order valence-electron chi connectivity index (χ4n) is 3.16. The van der Waals surface area contributed by atoms with Crippen LogP contribution in [0.4, 0.5) is 4.79 Å². The minimum absolute atomic E-state index is 0.150. The molecule has 0 bridgehead atoms. The highest BCUT2D eigenvalue weighted by Gasteiger charge is 2.40. The van der Waals surface area contributed by atoms with E-state index >= 15 is 0 Å². The number of amides is 2. The molecule has 4 rings (SSSR count). The number of thioether (sulfide) groups is 1. The molecule has 98 valence electrons. The first-order valence-electron chi connectivity index (χ1n) is 6.47. The van der Waals surface area contributed by atoms with Gasteiger partial charge in [-0.25, -0.2) is 0 Å². The van der Waals surface area contributed by atoms with Gasteiger partial charge in [-0.2, -0.15) is 0 Å². The van der Waals surface area contributed by atoms with Crippen LogP contribution in [-0.2, 0) is 4.79 Å². The second kappa shape index (κ2) is 4.21. The van der Waals surface area contributed by atoms with Crippen LogP contribution in [0.3, 0.4) is 0 Å². The average molecular weight is 281 g/mol. The molecule has 1 aliphatic heterocycles. The molecule has 1 saturated heterocycles. The zero-order valence-electron chi connectivity index (χ0n) is 10.5. The Balaban J connectivity index is 1.98. The van der Waals surface area contributed by atoms with Crippen molar-refractivity contribution >= 4 is 28.5 Å². The van der Waals surface area contributed by atoms with E-state index in [0.717, 1.165) is 22.9 Å². The first kappa shape index (κ1) is 11.7. The predicted octanol–water partition coefficient (Wildman–Crippen LogP) is 3.22. The summed E-state index contributed by atoms with van der Waals surface area (Å²) in [5, 5.41) is 2.07. The smallest absolute Gasteiger partial charge is 0.282 e. The van der Waals surface area contributed by atoms with Crippen molar-refractivity contribution in [2.45, 2.75) is 5.92 Å². The molecular formula is C16H11NO2S. The molecule has 2 amide bonds. The van der Waals surface area contributed by atoms with Crippen LogP contribution >= 0.6 is 11.8 Å². The fraction of sp³-hybridized carbons (Fsp3) is 0.125. The number of carbonyl (C=O) groups excluding carboxylic acids is 2. The first-order valence-corrected chi connectivity index (χ1v) is 7.29. The molecule has 2 unspecified atom stereocenters. The van der Waals surface area contributed by atoms with Gasteiger partial charge in [-0.15, -0.1) is 0 Å². The highest BCUT2D eigenvalue weighted by Crippen LogP contribution is 2.52. The van der Waals surface area contributed by atoms with E-state index in [2.05, 4.69) is 23.5 Å². The number of imide groups is 1. The van der Waals surface area contributed by atoms with E-state index in [9.17, 15) is 9.59 Å². The molecule has 2 atom stereocenters. The lowest BCUT2D eigenvalue weighted by Gasteiger charge is -2.17. The second-order valence-corrected chi connectivity index (χ2v) is 5.98. The summed E-state index contributed by atoms with van der Waals surface area (Å²) in [6.07, 6.45) is 8.32. The van der Waals surface area contributed by atoms with Gasteiger partial charge >= 0.3 is 0 Å². The normalized spacial score (nSPS) is 30.4. The maximum atomic E-state index is 12.0. The third-order valence-electron chi connectivity index (χ3n) is 3.94. The third-order valence-corrected chi connectivity index (χ3v) is 4.84. The fourth-order valence-corrected chi connectivity index (χ4v) is 3.99. The van der Waals surface area contributed by atoms with Gasteiger partial charge < -0.3 is 0 Å². The van der Waals surface area contributed by atoms with Gasteiger partial charge in [0.2, 0.25) is 0 Å². The molecule has 1 N–H and O–H groups in total. The molecule has 2 aliphatic carbocycles. The van der Waals surface area contributed by atoms with E-state index in [1.165, 1.54) is 5.56 Å². The Kier molecular flexibility index (Phi) is 2.47.